The van der Waals surface area contributed by atoms with Crippen LogP contribution in [0.3, 0.4) is 0 Å². The molecule has 0 spiro atoms. The third-order valence-corrected chi connectivity index (χ3v) is 11.2. The van der Waals surface area contributed by atoms with E-state index in [-0.39, 0.29) is 0 Å². The standard InChI is InChI=1S/C51H31N5O/c1-3-15-32(16-4-1)34-29-30-38-37-21-7-10-24-41(37)55(45(38)31-34)44-27-14-28-46-47(44)39-22-13-23-40(48(39)57-46)50-52-49(33-17-5-2-6-18-33)53-51(54-50)56-42-25-11-8-19-35(42)36-20-9-12-26-43(36)56/h1-31H. The third kappa shape index (κ3) is 4.81. The van der Waals surface area contributed by atoms with Crippen molar-refractivity contribution in [2.45, 2.75) is 0 Å². The first-order valence-electron chi connectivity index (χ1n) is 19.1. The smallest absolute Gasteiger partial charge is 0.238 e. The van der Waals surface area contributed by atoms with Crippen LogP contribution < -0.4 is 0 Å². The number of fused-ring (bicyclic) bond motifs is 9. The molecule has 0 fully saturated rings. The van der Waals surface area contributed by atoms with Crippen molar-refractivity contribution < 1.29 is 4.42 Å². The van der Waals surface area contributed by atoms with Crippen LogP contribution in [0, 0.1) is 0 Å². The Kier molecular flexibility index (Phi) is 6.83. The zero-order valence-corrected chi connectivity index (χ0v) is 30.5. The van der Waals surface area contributed by atoms with E-state index in [1.807, 2.05) is 30.3 Å². The van der Waals surface area contributed by atoms with Gasteiger partial charge in [-0.3, -0.25) is 4.57 Å². The number of aromatic nitrogens is 5. The maximum absolute atomic E-state index is 6.89. The van der Waals surface area contributed by atoms with Crippen LogP contribution in [-0.2, 0) is 0 Å². The van der Waals surface area contributed by atoms with E-state index < -0.39 is 0 Å². The van der Waals surface area contributed by atoms with Gasteiger partial charge in [-0.2, -0.15) is 9.97 Å². The Labute approximate surface area is 326 Å². The summed E-state index contributed by atoms with van der Waals surface area (Å²) in [5.74, 6) is 1.67. The molecule has 0 aliphatic heterocycles. The van der Waals surface area contributed by atoms with Crippen molar-refractivity contribution in [2.24, 2.45) is 0 Å². The number of benzene rings is 8. The molecular formula is C51H31N5O. The highest BCUT2D eigenvalue weighted by molar-refractivity contribution is 6.16. The molecule has 57 heavy (non-hydrogen) atoms. The van der Waals surface area contributed by atoms with E-state index in [2.05, 4.69) is 167 Å². The lowest BCUT2D eigenvalue weighted by Gasteiger charge is -2.11. The Hall–Kier alpha value is -7.83. The summed E-state index contributed by atoms with van der Waals surface area (Å²) in [5, 5.41) is 6.71. The molecule has 12 rings (SSSR count). The molecule has 0 aliphatic rings. The van der Waals surface area contributed by atoms with Gasteiger partial charge in [0.05, 0.1) is 38.7 Å². The van der Waals surface area contributed by atoms with Gasteiger partial charge in [-0.1, -0.05) is 146 Å². The van der Waals surface area contributed by atoms with Crippen molar-refractivity contribution in [1.29, 1.82) is 0 Å². The predicted octanol–water partition coefficient (Wildman–Crippen LogP) is 13.0. The number of rotatable bonds is 5. The topological polar surface area (TPSA) is 61.7 Å². The first-order chi connectivity index (χ1) is 28.3. The van der Waals surface area contributed by atoms with Gasteiger partial charge in [0.25, 0.3) is 0 Å². The van der Waals surface area contributed by atoms with E-state index in [4.69, 9.17) is 19.4 Å². The normalized spacial score (nSPS) is 11.9. The van der Waals surface area contributed by atoms with Gasteiger partial charge in [0.15, 0.2) is 11.6 Å². The minimum Gasteiger partial charge on any atom is -0.455 e. The van der Waals surface area contributed by atoms with Gasteiger partial charge in [-0.05, 0) is 53.6 Å². The molecule has 0 aliphatic carbocycles. The first-order valence-corrected chi connectivity index (χ1v) is 19.1. The maximum atomic E-state index is 6.89. The minimum absolute atomic E-state index is 0.538. The van der Waals surface area contributed by atoms with Gasteiger partial charge in [-0.15, -0.1) is 0 Å². The minimum atomic E-state index is 0.538. The van der Waals surface area contributed by atoms with E-state index >= 15 is 0 Å². The summed E-state index contributed by atoms with van der Waals surface area (Å²) in [4.78, 5) is 15.6. The Bertz CT molecular complexity index is 3470. The molecule has 6 heteroatoms. The molecule has 12 aromatic rings. The zero-order valence-electron chi connectivity index (χ0n) is 30.5. The highest BCUT2D eigenvalue weighted by Crippen LogP contribution is 2.42. The molecule has 4 aromatic heterocycles. The van der Waals surface area contributed by atoms with Crippen LogP contribution in [0.1, 0.15) is 0 Å². The molecule has 0 radical (unpaired) electrons. The summed E-state index contributed by atoms with van der Waals surface area (Å²) in [6, 6.07) is 65.5. The Balaban J connectivity index is 1.12. The lowest BCUT2D eigenvalue weighted by molar-refractivity contribution is 0.669. The summed E-state index contributed by atoms with van der Waals surface area (Å²) in [5.41, 5.74) is 10.9. The van der Waals surface area contributed by atoms with Crippen molar-refractivity contribution in [3.8, 4) is 45.5 Å². The van der Waals surface area contributed by atoms with Crippen LogP contribution in [0.25, 0.3) is 111 Å². The average molecular weight is 730 g/mol. The second kappa shape index (κ2) is 12.3. The van der Waals surface area contributed by atoms with Crippen molar-refractivity contribution in [3.05, 3.63) is 188 Å². The first kappa shape index (κ1) is 31.5. The van der Waals surface area contributed by atoms with Crippen LogP contribution >= 0.6 is 0 Å². The second-order valence-electron chi connectivity index (χ2n) is 14.4. The monoisotopic (exact) mass is 729 g/mol. The summed E-state index contributed by atoms with van der Waals surface area (Å²) in [7, 11) is 0. The number of para-hydroxylation sites is 4. The van der Waals surface area contributed by atoms with Crippen molar-refractivity contribution >= 4 is 65.6 Å². The van der Waals surface area contributed by atoms with E-state index in [1.165, 1.54) is 21.9 Å². The summed E-state index contributed by atoms with van der Waals surface area (Å²) in [6.07, 6.45) is 0. The van der Waals surface area contributed by atoms with Crippen LogP contribution in [0.5, 0.6) is 0 Å². The maximum Gasteiger partial charge on any atom is 0.238 e. The van der Waals surface area contributed by atoms with Crippen LogP contribution in [-0.4, -0.2) is 24.1 Å². The van der Waals surface area contributed by atoms with Crippen molar-refractivity contribution in [2.75, 3.05) is 0 Å². The Morgan fingerprint density at radius 3 is 1.63 bits per heavy atom. The third-order valence-electron chi connectivity index (χ3n) is 11.2. The molecule has 6 nitrogen and oxygen atoms in total. The molecule has 0 bridgehead atoms. The van der Waals surface area contributed by atoms with Crippen LogP contribution in [0.15, 0.2) is 192 Å². The van der Waals surface area contributed by atoms with Crippen LogP contribution in [0.2, 0.25) is 0 Å². The molecule has 0 saturated heterocycles. The van der Waals surface area contributed by atoms with Gasteiger partial charge in [-0.25, -0.2) is 4.98 Å². The Morgan fingerprint density at radius 2 is 0.930 bits per heavy atom. The lowest BCUT2D eigenvalue weighted by Crippen LogP contribution is -2.06. The summed E-state index contributed by atoms with van der Waals surface area (Å²) in [6.45, 7) is 0. The molecule has 0 unspecified atom stereocenters. The molecule has 0 N–H and O–H groups in total. The number of hydrogen-bond acceptors (Lipinski definition) is 4. The highest BCUT2D eigenvalue weighted by Gasteiger charge is 2.23. The van der Waals surface area contributed by atoms with Crippen molar-refractivity contribution in [1.82, 2.24) is 24.1 Å². The summed E-state index contributed by atoms with van der Waals surface area (Å²) < 4.78 is 11.4. The molecule has 0 amide bonds. The fraction of sp³-hybridized carbons (Fsp3) is 0. The fourth-order valence-corrected chi connectivity index (χ4v) is 8.67. The molecule has 0 atom stereocenters. The van der Waals surface area contributed by atoms with E-state index in [9.17, 15) is 0 Å². The largest absolute Gasteiger partial charge is 0.455 e. The predicted molar refractivity (Wildman–Crippen MR) is 232 cm³/mol. The molecule has 8 aromatic carbocycles. The van der Waals surface area contributed by atoms with Gasteiger partial charge in [0, 0.05) is 32.5 Å². The number of nitrogens with zero attached hydrogens (tertiary/aromatic N) is 5. The van der Waals surface area contributed by atoms with Crippen molar-refractivity contribution in [3.63, 3.8) is 0 Å². The second-order valence-corrected chi connectivity index (χ2v) is 14.4. The van der Waals surface area contributed by atoms with Crippen LogP contribution in [0.4, 0.5) is 0 Å². The molecule has 266 valence electrons. The molecular weight excluding hydrogens is 699 g/mol. The Morgan fingerprint density at radius 1 is 0.368 bits per heavy atom. The lowest BCUT2D eigenvalue weighted by atomic mass is 10.0. The van der Waals surface area contributed by atoms with E-state index in [0.717, 1.165) is 71.6 Å². The van der Waals surface area contributed by atoms with Gasteiger partial charge in [0.2, 0.25) is 5.95 Å². The van der Waals surface area contributed by atoms with Gasteiger partial charge >= 0.3 is 0 Å². The number of furan rings is 1. The highest BCUT2D eigenvalue weighted by atomic mass is 16.3. The zero-order chi connectivity index (χ0) is 37.5. The molecule has 4 heterocycles. The van der Waals surface area contributed by atoms with E-state index in [1.54, 1.807) is 0 Å². The quantitative estimate of drug-likeness (QED) is 0.177. The number of hydrogen-bond donors (Lipinski definition) is 0. The summed E-state index contributed by atoms with van der Waals surface area (Å²) >= 11 is 0. The van der Waals surface area contributed by atoms with Gasteiger partial charge < -0.3 is 8.98 Å². The van der Waals surface area contributed by atoms with E-state index in [0.29, 0.717) is 17.6 Å². The fourth-order valence-electron chi connectivity index (χ4n) is 8.67. The SMILES string of the molecule is c1ccc(-c2ccc3c4ccccc4n(-c4cccc5oc6c(-c7nc(-c8ccccc8)nc(-n8c9ccccc9c9ccccc98)n7)cccc6c45)c3c2)cc1. The molecule has 0 saturated carbocycles. The van der Waals surface area contributed by atoms with Gasteiger partial charge in [0.1, 0.15) is 11.2 Å². The average Bonchev–Trinajstić information content (AvgIpc) is 3.94.